The average Bonchev–Trinajstić information content (AvgIpc) is 2.80. The molecule has 10 heteroatoms. The average molecular weight is 510 g/mol. The lowest BCUT2D eigenvalue weighted by molar-refractivity contribution is -0.139. The number of methoxy groups -OCH3 is 1. The molecule has 8 nitrogen and oxygen atoms in total. The van der Waals surface area contributed by atoms with Crippen LogP contribution in [0.25, 0.3) is 0 Å². The zero-order valence-corrected chi connectivity index (χ0v) is 21.7. The number of hydrogen-bond donors (Lipinski definition) is 1. The Morgan fingerprint density at radius 1 is 1.12 bits per heavy atom. The standard InChI is InChI=1S/C24H32ClN3O5S/c1-6-17(2)26-24(30)18(3)27(15-19-8-7-9-22(14-19)33-4)23(29)16-28(34(5,31)32)21-12-10-20(25)11-13-21/h7-14,17-18H,6,15-16H2,1-5H3,(H,26,30)/t17-,18-/m0/s1. The molecule has 0 aliphatic rings. The fourth-order valence-corrected chi connectivity index (χ4v) is 4.21. The molecular formula is C24H32ClN3O5S. The summed E-state index contributed by atoms with van der Waals surface area (Å²) in [6.07, 6.45) is 1.76. The summed E-state index contributed by atoms with van der Waals surface area (Å²) in [7, 11) is -2.25. The van der Waals surface area contributed by atoms with Gasteiger partial charge in [-0.1, -0.05) is 30.7 Å². The number of halogens is 1. The molecule has 0 unspecified atom stereocenters. The number of nitrogens with zero attached hydrogens (tertiary/aromatic N) is 2. The van der Waals surface area contributed by atoms with Crippen LogP contribution in [0.5, 0.6) is 5.75 Å². The lowest BCUT2D eigenvalue weighted by Crippen LogP contribution is -2.52. The fourth-order valence-electron chi connectivity index (χ4n) is 3.24. The minimum absolute atomic E-state index is 0.0645. The third kappa shape index (κ3) is 7.63. The van der Waals surface area contributed by atoms with Crippen LogP contribution in [0.2, 0.25) is 5.02 Å². The highest BCUT2D eigenvalue weighted by molar-refractivity contribution is 7.92. The van der Waals surface area contributed by atoms with Crippen LogP contribution in [0.3, 0.4) is 0 Å². The smallest absolute Gasteiger partial charge is 0.244 e. The summed E-state index contributed by atoms with van der Waals surface area (Å²) in [6, 6.07) is 12.4. The summed E-state index contributed by atoms with van der Waals surface area (Å²) < 4.78 is 31.3. The fraction of sp³-hybridized carbons (Fsp3) is 0.417. The molecule has 0 aliphatic heterocycles. The van der Waals surface area contributed by atoms with E-state index < -0.39 is 28.5 Å². The highest BCUT2D eigenvalue weighted by atomic mass is 35.5. The molecule has 0 spiro atoms. The summed E-state index contributed by atoms with van der Waals surface area (Å²) in [5, 5.41) is 3.33. The Labute approximate surface area is 206 Å². The molecule has 2 aromatic rings. The van der Waals surface area contributed by atoms with Crippen LogP contribution in [-0.4, -0.2) is 57.1 Å². The molecule has 0 bridgehead atoms. The van der Waals surface area contributed by atoms with Gasteiger partial charge in [-0.25, -0.2) is 8.42 Å². The van der Waals surface area contributed by atoms with Crippen LogP contribution >= 0.6 is 11.6 Å². The van der Waals surface area contributed by atoms with Gasteiger partial charge in [-0.2, -0.15) is 0 Å². The Kier molecular flexibility index (Phi) is 9.76. The van der Waals surface area contributed by atoms with Crippen molar-refractivity contribution < 1.29 is 22.7 Å². The van der Waals surface area contributed by atoms with Crippen LogP contribution in [0.15, 0.2) is 48.5 Å². The second-order valence-electron chi connectivity index (χ2n) is 8.11. The Bertz CT molecular complexity index is 1090. The number of carbonyl (C=O) groups excluding carboxylic acids is 2. The predicted molar refractivity (Wildman–Crippen MR) is 135 cm³/mol. The zero-order valence-electron chi connectivity index (χ0n) is 20.1. The monoisotopic (exact) mass is 509 g/mol. The van der Waals surface area contributed by atoms with Crippen LogP contribution in [-0.2, 0) is 26.2 Å². The molecule has 0 aliphatic carbocycles. The molecular weight excluding hydrogens is 478 g/mol. The predicted octanol–water partition coefficient (Wildman–Crippen LogP) is 3.45. The van der Waals surface area contributed by atoms with E-state index in [1.165, 1.54) is 17.0 Å². The number of rotatable bonds is 11. The lowest BCUT2D eigenvalue weighted by Gasteiger charge is -2.32. The molecule has 186 valence electrons. The van der Waals surface area contributed by atoms with Gasteiger partial charge in [0.2, 0.25) is 21.8 Å². The molecule has 2 atom stereocenters. The minimum atomic E-state index is -3.79. The number of amides is 2. The molecule has 2 amide bonds. The molecule has 0 saturated heterocycles. The van der Waals surface area contributed by atoms with Crippen LogP contribution < -0.4 is 14.4 Å². The van der Waals surface area contributed by atoms with E-state index in [1.807, 2.05) is 19.9 Å². The first-order valence-corrected chi connectivity index (χ1v) is 13.1. The van der Waals surface area contributed by atoms with Gasteiger partial charge in [0.05, 0.1) is 19.1 Å². The number of hydrogen-bond acceptors (Lipinski definition) is 5. The van der Waals surface area contributed by atoms with Crippen LogP contribution in [0, 0.1) is 0 Å². The van der Waals surface area contributed by atoms with Crippen molar-refractivity contribution in [3.05, 3.63) is 59.1 Å². The first-order valence-electron chi connectivity index (χ1n) is 10.9. The summed E-state index contributed by atoms with van der Waals surface area (Å²) in [4.78, 5) is 27.7. The van der Waals surface area contributed by atoms with Crippen LogP contribution in [0.1, 0.15) is 32.8 Å². The molecule has 0 radical (unpaired) electrons. The molecule has 1 N–H and O–H groups in total. The van der Waals surface area contributed by atoms with Gasteiger partial charge >= 0.3 is 0 Å². The Hall–Kier alpha value is -2.78. The highest BCUT2D eigenvalue weighted by Crippen LogP contribution is 2.22. The van der Waals surface area contributed by atoms with E-state index >= 15 is 0 Å². The minimum Gasteiger partial charge on any atom is -0.497 e. The van der Waals surface area contributed by atoms with Crippen molar-refractivity contribution in [2.45, 2.75) is 45.8 Å². The van der Waals surface area contributed by atoms with Gasteiger partial charge in [0.25, 0.3) is 0 Å². The van der Waals surface area contributed by atoms with Gasteiger partial charge in [0, 0.05) is 17.6 Å². The molecule has 0 fully saturated rings. The van der Waals surface area contributed by atoms with Gasteiger partial charge in [0.15, 0.2) is 0 Å². The molecule has 2 aromatic carbocycles. The summed E-state index contributed by atoms with van der Waals surface area (Å²) in [5.41, 5.74) is 1.05. The van der Waals surface area contributed by atoms with Crippen molar-refractivity contribution in [3.63, 3.8) is 0 Å². The van der Waals surface area contributed by atoms with E-state index in [9.17, 15) is 18.0 Å². The van der Waals surface area contributed by atoms with Crippen molar-refractivity contribution in [1.29, 1.82) is 0 Å². The third-order valence-corrected chi connectivity index (χ3v) is 6.84. The van der Waals surface area contributed by atoms with E-state index in [1.54, 1.807) is 44.4 Å². The largest absolute Gasteiger partial charge is 0.497 e. The molecule has 0 saturated carbocycles. The van der Waals surface area contributed by atoms with Crippen LogP contribution in [0.4, 0.5) is 5.69 Å². The van der Waals surface area contributed by atoms with Crippen molar-refractivity contribution in [2.24, 2.45) is 0 Å². The number of nitrogens with one attached hydrogen (secondary N) is 1. The van der Waals surface area contributed by atoms with Gasteiger partial charge < -0.3 is 15.0 Å². The van der Waals surface area contributed by atoms with E-state index in [4.69, 9.17) is 16.3 Å². The summed E-state index contributed by atoms with van der Waals surface area (Å²) in [5.74, 6) is -0.224. The maximum atomic E-state index is 13.5. The van der Waals surface area contributed by atoms with E-state index in [-0.39, 0.29) is 18.5 Å². The number of anilines is 1. The maximum absolute atomic E-state index is 13.5. The van der Waals surface area contributed by atoms with Gasteiger partial charge in [-0.15, -0.1) is 0 Å². The first-order chi connectivity index (χ1) is 16.0. The van der Waals surface area contributed by atoms with Gasteiger partial charge in [-0.3, -0.25) is 13.9 Å². The summed E-state index contributed by atoms with van der Waals surface area (Å²) >= 11 is 5.93. The third-order valence-electron chi connectivity index (χ3n) is 5.45. The highest BCUT2D eigenvalue weighted by Gasteiger charge is 2.30. The normalized spacial score (nSPS) is 13.0. The molecule has 0 aromatic heterocycles. The number of sulfonamides is 1. The van der Waals surface area contributed by atoms with Gasteiger partial charge in [0.1, 0.15) is 18.3 Å². The van der Waals surface area contributed by atoms with Crippen molar-refractivity contribution in [2.75, 3.05) is 24.2 Å². The van der Waals surface area contributed by atoms with Crippen molar-refractivity contribution in [3.8, 4) is 5.75 Å². The SMILES string of the molecule is CC[C@H](C)NC(=O)[C@H](C)N(Cc1cccc(OC)c1)C(=O)CN(c1ccc(Cl)cc1)S(C)(=O)=O. The number of carbonyl (C=O) groups is 2. The van der Waals surface area contributed by atoms with E-state index in [2.05, 4.69) is 5.32 Å². The summed E-state index contributed by atoms with van der Waals surface area (Å²) in [6.45, 7) is 5.09. The second-order valence-corrected chi connectivity index (χ2v) is 10.5. The Morgan fingerprint density at radius 2 is 1.76 bits per heavy atom. The Balaban J connectivity index is 2.39. The van der Waals surface area contributed by atoms with Gasteiger partial charge in [-0.05, 0) is 62.2 Å². The maximum Gasteiger partial charge on any atom is 0.244 e. The van der Waals surface area contributed by atoms with E-state index in [0.717, 1.165) is 22.5 Å². The Morgan fingerprint density at radius 3 is 2.32 bits per heavy atom. The molecule has 2 rings (SSSR count). The topological polar surface area (TPSA) is 96.0 Å². The quantitative estimate of drug-likeness (QED) is 0.500. The first kappa shape index (κ1) is 27.5. The lowest BCUT2D eigenvalue weighted by atomic mass is 10.1. The zero-order chi connectivity index (χ0) is 25.5. The van der Waals surface area contributed by atoms with Crippen molar-refractivity contribution in [1.82, 2.24) is 10.2 Å². The molecule has 34 heavy (non-hydrogen) atoms. The molecule has 0 heterocycles. The number of benzene rings is 2. The van der Waals surface area contributed by atoms with Crippen molar-refractivity contribution >= 4 is 39.1 Å². The van der Waals surface area contributed by atoms with E-state index in [0.29, 0.717) is 16.5 Å². The number of ether oxygens (including phenoxy) is 1. The second kappa shape index (κ2) is 12.1.